The van der Waals surface area contributed by atoms with Gasteiger partial charge >= 0.3 is 5.97 Å². The average Bonchev–Trinajstić information content (AvgIpc) is 3.02. The minimum absolute atomic E-state index is 0.0767. The van der Waals surface area contributed by atoms with E-state index in [4.69, 9.17) is 5.11 Å². The summed E-state index contributed by atoms with van der Waals surface area (Å²) in [5.41, 5.74) is 1.02. The van der Waals surface area contributed by atoms with E-state index in [1.54, 1.807) is 16.8 Å². The molecule has 0 spiro atoms. The molecule has 2 N–H and O–H groups in total. The normalized spacial score (nSPS) is 22.0. The van der Waals surface area contributed by atoms with Gasteiger partial charge in [-0.05, 0) is 30.5 Å². The molecule has 0 radical (unpaired) electrons. The molecule has 6 nitrogen and oxygen atoms in total. The summed E-state index contributed by atoms with van der Waals surface area (Å²) in [6.45, 7) is 2.45. The van der Waals surface area contributed by atoms with Gasteiger partial charge in [0.15, 0.2) is 0 Å². The molecule has 0 bridgehead atoms. The molecule has 0 unspecified atom stereocenters. The SMILES string of the molecule is CCc1ccsc1C(=O)N1C[C@@H](O)[C@H](N(C)CC(=O)O)C1. The Morgan fingerprint density at radius 1 is 1.48 bits per heavy atom. The van der Waals surface area contributed by atoms with Crippen molar-refractivity contribution in [2.24, 2.45) is 0 Å². The number of carbonyl (C=O) groups is 2. The zero-order valence-corrected chi connectivity index (χ0v) is 13.0. The number of aliphatic carboxylic acids is 1. The molecule has 7 heteroatoms. The van der Waals surface area contributed by atoms with Crippen LogP contribution in [0.5, 0.6) is 0 Å². The number of likely N-dealkylation sites (N-methyl/N-ethyl adjacent to an activating group) is 1. The topological polar surface area (TPSA) is 81.1 Å². The van der Waals surface area contributed by atoms with Crippen molar-refractivity contribution in [3.8, 4) is 0 Å². The fourth-order valence-electron chi connectivity index (χ4n) is 2.64. The van der Waals surface area contributed by atoms with Crippen molar-refractivity contribution >= 4 is 23.2 Å². The molecule has 0 aliphatic carbocycles. The van der Waals surface area contributed by atoms with E-state index in [0.29, 0.717) is 11.4 Å². The van der Waals surface area contributed by atoms with Crippen LogP contribution in [-0.2, 0) is 11.2 Å². The standard InChI is InChI=1S/C14H20N2O4S/c1-3-9-4-5-21-13(9)14(20)16-6-10(11(17)7-16)15(2)8-12(18)19/h4-5,10-11,17H,3,6-8H2,1-2H3,(H,18,19)/t10-,11-/m1/s1. The summed E-state index contributed by atoms with van der Waals surface area (Å²) in [5.74, 6) is -1.02. The van der Waals surface area contributed by atoms with Crippen molar-refractivity contribution in [3.05, 3.63) is 21.9 Å². The number of carboxylic acids is 1. The highest BCUT2D eigenvalue weighted by molar-refractivity contribution is 7.12. The quantitative estimate of drug-likeness (QED) is 0.828. The van der Waals surface area contributed by atoms with Crippen molar-refractivity contribution in [2.45, 2.75) is 25.5 Å². The molecule has 21 heavy (non-hydrogen) atoms. The van der Waals surface area contributed by atoms with Gasteiger partial charge in [0.1, 0.15) is 0 Å². The fraction of sp³-hybridized carbons (Fsp3) is 0.571. The van der Waals surface area contributed by atoms with Gasteiger partial charge in [-0.2, -0.15) is 0 Å². The summed E-state index contributed by atoms with van der Waals surface area (Å²) in [6, 6.07) is 1.61. The van der Waals surface area contributed by atoms with E-state index >= 15 is 0 Å². The Balaban J connectivity index is 2.06. The molecule has 2 rings (SSSR count). The lowest BCUT2D eigenvalue weighted by atomic mass is 10.2. The molecule has 1 saturated heterocycles. The summed E-state index contributed by atoms with van der Waals surface area (Å²) < 4.78 is 0. The smallest absolute Gasteiger partial charge is 0.317 e. The van der Waals surface area contributed by atoms with Crippen LogP contribution in [0, 0.1) is 0 Å². The molecule has 2 heterocycles. The number of hydrogen-bond acceptors (Lipinski definition) is 5. The number of likely N-dealkylation sites (tertiary alicyclic amines) is 1. The second-order valence-corrected chi connectivity index (χ2v) is 6.20. The van der Waals surface area contributed by atoms with Gasteiger partial charge in [0.25, 0.3) is 5.91 Å². The van der Waals surface area contributed by atoms with Gasteiger partial charge in [0, 0.05) is 13.1 Å². The van der Waals surface area contributed by atoms with Crippen LogP contribution in [0.15, 0.2) is 11.4 Å². The molecule has 1 aliphatic rings. The van der Waals surface area contributed by atoms with E-state index in [1.165, 1.54) is 11.3 Å². The lowest BCUT2D eigenvalue weighted by Gasteiger charge is -2.24. The van der Waals surface area contributed by atoms with Crippen LogP contribution in [0.1, 0.15) is 22.2 Å². The number of aryl methyl sites for hydroxylation is 1. The average molecular weight is 312 g/mol. The Hall–Kier alpha value is -1.44. The van der Waals surface area contributed by atoms with Crippen LogP contribution < -0.4 is 0 Å². The molecule has 1 aromatic heterocycles. The highest BCUT2D eigenvalue weighted by Gasteiger charge is 2.37. The molecule has 1 fully saturated rings. The molecule has 1 aliphatic heterocycles. The largest absolute Gasteiger partial charge is 0.480 e. The number of nitrogens with zero attached hydrogens (tertiary/aromatic N) is 2. The molecule has 0 saturated carbocycles. The van der Waals surface area contributed by atoms with Crippen LogP contribution in [0.4, 0.5) is 0 Å². The number of aliphatic hydroxyl groups is 1. The van der Waals surface area contributed by atoms with Gasteiger partial charge in [0.05, 0.1) is 23.6 Å². The highest BCUT2D eigenvalue weighted by Crippen LogP contribution is 2.23. The fourth-order valence-corrected chi connectivity index (χ4v) is 3.61. The number of thiophene rings is 1. The predicted molar refractivity (Wildman–Crippen MR) is 79.7 cm³/mol. The molecular weight excluding hydrogens is 292 g/mol. The molecule has 116 valence electrons. The molecule has 0 aromatic carbocycles. The van der Waals surface area contributed by atoms with E-state index in [2.05, 4.69) is 0 Å². The van der Waals surface area contributed by atoms with Gasteiger partial charge in [-0.15, -0.1) is 11.3 Å². The maximum Gasteiger partial charge on any atom is 0.317 e. The van der Waals surface area contributed by atoms with E-state index in [1.807, 2.05) is 18.4 Å². The predicted octanol–water partition coefficient (Wildman–Crippen LogP) is 0.512. The van der Waals surface area contributed by atoms with Gasteiger partial charge in [0.2, 0.25) is 0 Å². The summed E-state index contributed by atoms with van der Waals surface area (Å²) in [7, 11) is 1.65. The van der Waals surface area contributed by atoms with Crippen molar-refractivity contribution in [3.63, 3.8) is 0 Å². The van der Waals surface area contributed by atoms with Crippen LogP contribution >= 0.6 is 11.3 Å². The summed E-state index contributed by atoms with van der Waals surface area (Å²) in [6.07, 6.45) is 0.0758. The van der Waals surface area contributed by atoms with E-state index in [9.17, 15) is 14.7 Å². The Morgan fingerprint density at radius 3 is 2.81 bits per heavy atom. The first-order valence-electron chi connectivity index (χ1n) is 6.89. The third kappa shape index (κ3) is 3.42. The molecular formula is C14H20N2O4S. The van der Waals surface area contributed by atoms with Gasteiger partial charge < -0.3 is 15.1 Å². The first-order valence-corrected chi connectivity index (χ1v) is 7.77. The second kappa shape index (κ2) is 6.55. The summed E-state index contributed by atoms with van der Waals surface area (Å²) in [4.78, 5) is 27.2. The number of hydrogen-bond donors (Lipinski definition) is 2. The molecule has 1 aromatic rings. The minimum Gasteiger partial charge on any atom is -0.480 e. The van der Waals surface area contributed by atoms with Crippen LogP contribution in [-0.4, -0.2) is 70.7 Å². The van der Waals surface area contributed by atoms with Gasteiger partial charge in [-0.3, -0.25) is 14.5 Å². The maximum atomic E-state index is 12.5. The van der Waals surface area contributed by atoms with Gasteiger partial charge in [-0.1, -0.05) is 6.92 Å². The zero-order valence-electron chi connectivity index (χ0n) is 12.2. The van der Waals surface area contributed by atoms with Crippen molar-refractivity contribution < 1.29 is 19.8 Å². The van der Waals surface area contributed by atoms with Gasteiger partial charge in [-0.25, -0.2) is 0 Å². The monoisotopic (exact) mass is 312 g/mol. The first-order chi connectivity index (χ1) is 9.93. The number of β-amino-alcohol motifs (C(OH)–C–C–N with tert-alkyl or cyclic N) is 1. The van der Waals surface area contributed by atoms with Crippen molar-refractivity contribution in [1.29, 1.82) is 0 Å². The third-order valence-electron chi connectivity index (χ3n) is 3.82. The highest BCUT2D eigenvalue weighted by atomic mass is 32.1. The van der Waals surface area contributed by atoms with E-state index < -0.39 is 12.1 Å². The minimum atomic E-state index is -0.944. The first kappa shape index (κ1) is 15.9. The third-order valence-corrected chi connectivity index (χ3v) is 4.76. The van der Waals surface area contributed by atoms with Crippen LogP contribution in [0.25, 0.3) is 0 Å². The lowest BCUT2D eigenvalue weighted by molar-refractivity contribution is -0.138. The summed E-state index contributed by atoms with van der Waals surface area (Å²) >= 11 is 1.41. The van der Waals surface area contributed by atoms with Crippen molar-refractivity contribution in [1.82, 2.24) is 9.80 Å². The number of carbonyl (C=O) groups excluding carboxylic acids is 1. The van der Waals surface area contributed by atoms with Crippen LogP contribution in [0.3, 0.4) is 0 Å². The van der Waals surface area contributed by atoms with E-state index in [0.717, 1.165) is 12.0 Å². The number of rotatable bonds is 5. The van der Waals surface area contributed by atoms with Crippen molar-refractivity contribution in [2.75, 3.05) is 26.7 Å². The number of amides is 1. The Kier molecular flexibility index (Phi) is 4.97. The van der Waals surface area contributed by atoms with Crippen LogP contribution in [0.2, 0.25) is 0 Å². The molecule has 2 atom stereocenters. The second-order valence-electron chi connectivity index (χ2n) is 5.28. The Labute approximate surface area is 127 Å². The van der Waals surface area contributed by atoms with E-state index in [-0.39, 0.29) is 25.0 Å². The lowest BCUT2D eigenvalue weighted by Crippen LogP contribution is -2.43. The number of aliphatic hydroxyl groups excluding tert-OH is 1. The Bertz CT molecular complexity index is 531. The number of carboxylic acid groups (broad SMARTS) is 1. The zero-order chi connectivity index (χ0) is 15.6. The summed E-state index contributed by atoms with van der Waals surface area (Å²) in [5, 5.41) is 20.8. The Morgan fingerprint density at radius 2 is 2.19 bits per heavy atom. The molecule has 1 amide bonds. The maximum absolute atomic E-state index is 12.5.